The van der Waals surface area contributed by atoms with Crippen LogP contribution in [-0.2, 0) is 0 Å². The summed E-state index contributed by atoms with van der Waals surface area (Å²) >= 11 is 0. The van der Waals surface area contributed by atoms with Crippen molar-refractivity contribution in [1.29, 1.82) is 0 Å². The van der Waals surface area contributed by atoms with E-state index >= 15 is 0 Å². The minimum atomic E-state index is 0.603. The number of benzene rings is 6. The molecule has 0 radical (unpaired) electrons. The summed E-state index contributed by atoms with van der Waals surface area (Å²) in [5, 5.41) is 7.93. The van der Waals surface area contributed by atoms with Crippen molar-refractivity contribution in [1.82, 2.24) is 28.5 Å². The van der Waals surface area contributed by atoms with Gasteiger partial charge in [-0.15, -0.1) is 0 Å². The van der Waals surface area contributed by atoms with E-state index in [0.29, 0.717) is 5.95 Å². The largest absolute Gasteiger partial charge is 0.293 e. The van der Waals surface area contributed by atoms with Gasteiger partial charge in [-0.05, 0) is 41.8 Å². The van der Waals surface area contributed by atoms with E-state index < -0.39 is 0 Å². The van der Waals surface area contributed by atoms with Crippen molar-refractivity contribution >= 4 is 82.1 Å². The maximum Gasteiger partial charge on any atom is 0.238 e. The summed E-state index contributed by atoms with van der Waals surface area (Å²) in [5.41, 5.74) is 8.01. The normalized spacial score (nSPS) is 12.3. The van der Waals surface area contributed by atoms with E-state index in [0.717, 1.165) is 66.4 Å². The Labute approximate surface area is 267 Å². The fourth-order valence-corrected chi connectivity index (χ4v) is 7.67. The lowest BCUT2D eigenvalue weighted by atomic mass is 10.1. The second-order valence-electron chi connectivity index (χ2n) is 12.1. The van der Waals surface area contributed by atoms with E-state index in [1.165, 1.54) is 21.5 Å². The third-order valence-corrected chi connectivity index (χ3v) is 9.63. The van der Waals surface area contributed by atoms with Crippen LogP contribution >= 0.6 is 0 Å². The Bertz CT molecular complexity index is 3030. The van der Waals surface area contributed by atoms with Crippen molar-refractivity contribution in [3.63, 3.8) is 0 Å². The number of rotatable bonds is 2. The topological polar surface area (TPSA) is 52.9 Å². The summed E-state index contributed by atoms with van der Waals surface area (Å²) in [6.07, 6.45) is 0. The summed E-state index contributed by atoms with van der Waals surface area (Å²) in [5.74, 6) is 1.45. The fraction of sp³-hybridized carbons (Fsp3) is 0. The molecule has 0 unspecified atom stereocenters. The van der Waals surface area contributed by atoms with Crippen LogP contribution in [0.4, 0.5) is 0 Å². The highest BCUT2D eigenvalue weighted by Crippen LogP contribution is 2.39. The minimum absolute atomic E-state index is 0.603. The summed E-state index contributed by atoms with van der Waals surface area (Å²) in [6.45, 7) is 0. The van der Waals surface area contributed by atoms with E-state index in [-0.39, 0.29) is 0 Å². The van der Waals surface area contributed by atoms with Crippen molar-refractivity contribution in [3.05, 3.63) is 146 Å². The van der Waals surface area contributed by atoms with Gasteiger partial charge in [0, 0.05) is 32.3 Å². The first-order chi connectivity index (χ1) is 23.3. The molecule has 11 aromatic rings. The summed E-state index contributed by atoms with van der Waals surface area (Å²) in [4.78, 5) is 16.1. The zero-order valence-corrected chi connectivity index (χ0v) is 25.0. The minimum Gasteiger partial charge on any atom is -0.293 e. The maximum absolute atomic E-state index is 5.49. The Morgan fingerprint density at radius 1 is 0.362 bits per heavy atom. The zero-order valence-electron chi connectivity index (χ0n) is 25.0. The molecule has 0 N–H and O–H groups in total. The highest BCUT2D eigenvalue weighted by molar-refractivity contribution is 6.17. The van der Waals surface area contributed by atoms with E-state index in [4.69, 9.17) is 15.0 Å². The molecule has 0 aliphatic carbocycles. The molecule has 6 heteroatoms. The van der Waals surface area contributed by atoms with Crippen molar-refractivity contribution in [2.24, 2.45) is 0 Å². The van der Waals surface area contributed by atoms with E-state index in [1.807, 2.05) is 6.07 Å². The van der Waals surface area contributed by atoms with Gasteiger partial charge in [0.05, 0.1) is 27.6 Å². The molecule has 0 fully saturated rings. The number of nitrogens with zero attached hydrogens (tertiary/aromatic N) is 6. The predicted molar refractivity (Wildman–Crippen MR) is 192 cm³/mol. The molecular weight excluding hydrogens is 576 g/mol. The first-order valence-electron chi connectivity index (χ1n) is 15.8. The number of fused-ring (bicyclic) bond motifs is 14. The Kier molecular flexibility index (Phi) is 4.75. The fourth-order valence-electron chi connectivity index (χ4n) is 7.67. The number of para-hydroxylation sites is 5. The monoisotopic (exact) mass is 600 g/mol. The third kappa shape index (κ3) is 3.21. The molecule has 0 amide bonds. The summed E-state index contributed by atoms with van der Waals surface area (Å²) in [6, 6.07) is 51.0. The number of hydrogen-bond acceptors (Lipinski definition) is 3. The van der Waals surface area contributed by atoms with Crippen LogP contribution in [0.15, 0.2) is 146 Å². The van der Waals surface area contributed by atoms with Gasteiger partial charge < -0.3 is 0 Å². The van der Waals surface area contributed by atoms with Crippen molar-refractivity contribution in [2.45, 2.75) is 0 Å². The lowest BCUT2D eigenvalue weighted by Crippen LogP contribution is -2.08. The third-order valence-electron chi connectivity index (χ3n) is 9.63. The van der Waals surface area contributed by atoms with Crippen LogP contribution in [0, 0.1) is 0 Å². The Morgan fingerprint density at radius 2 is 0.851 bits per heavy atom. The number of pyridine rings is 1. The Hall–Kier alpha value is -6.53. The molecule has 0 bridgehead atoms. The molecule has 0 aliphatic rings. The average Bonchev–Trinajstić information content (AvgIpc) is 3.79. The van der Waals surface area contributed by atoms with E-state index in [9.17, 15) is 0 Å². The zero-order chi connectivity index (χ0) is 30.6. The predicted octanol–water partition coefficient (Wildman–Crippen LogP) is 9.78. The first kappa shape index (κ1) is 24.8. The second-order valence-corrected chi connectivity index (χ2v) is 12.1. The molecule has 0 spiro atoms. The van der Waals surface area contributed by atoms with E-state index in [1.54, 1.807) is 0 Å². The molecule has 0 saturated heterocycles. The number of aromatic nitrogens is 6. The van der Waals surface area contributed by atoms with Crippen molar-refractivity contribution in [3.8, 4) is 11.8 Å². The summed E-state index contributed by atoms with van der Waals surface area (Å²) < 4.78 is 6.79. The van der Waals surface area contributed by atoms with Crippen LogP contribution in [0.2, 0.25) is 0 Å². The van der Waals surface area contributed by atoms with Crippen LogP contribution in [-0.4, -0.2) is 28.5 Å². The van der Waals surface area contributed by atoms with Gasteiger partial charge in [0.15, 0.2) is 11.5 Å². The molecule has 0 aliphatic heterocycles. The van der Waals surface area contributed by atoms with Crippen molar-refractivity contribution < 1.29 is 0 Å². The molecule has 218 valence electrons. The molecule has 0 saturated carbocycles. The van der Waals surface area contributed by atoms with Gasteiger partial charge in [-0.1, -0.05) is 109 Å². The molecule has 0 atom stereocenters. The van der Waals surface area contributed by atoms with Gasteiger partial charge in [-0.25, -0.2) is 9.97 Å². The van der Waals surface area contributed by atoms with Crippen LogP contribution in [0.25, 0.3) is 93.9 Å². The molecule has 11 rings (SSSR count). The quantitative estimate of drug-likeness (QED) is 0.186. The van der Waals surface area contributed by atoms with Gasteiger partial charge in [-0.3, -0.25) is 13.5 Å². The van der Waals surface area contributed by atoms with Gasteiger partial charge in [0.25, 0.3) is 0 Å². The van der Waals surface area contributed by atoms with Crippen LogP contribution < -0.4 is 0 Å². The molecular formula is C41H24N6. The van der Waals surface area contributed by atoms with Gasteiger partial charge >= 0.3 is 0 Å². The average molecular weight is 601 g/mol. The Morgan fingerprint density at radius 3 is 1.53 bits per heavy atom. The standard InChI is InChI=1S/C41H24N6/c1-2-17-29-25(13-1)26-14-4-11-23-35(26)46-38(29)43-37-31-19-7-12-24-36(31)47(40(37)46)41-42-32-20-8-3-18-30(32)39(44-41)45-33-21-9-5-15-27(33)28-16-6-10-22-34(28)45/h1-24H. The van der Waals surface area contributed by atoms with Crippen LogP contribution in [0.5, 0.6) is 0 Å². The van der Waals surface area contributed by atoms with Crippen LogP contribution in [0.1, 0.15) is 0 Å². The smallest absolute Gasteiger partial charge is 0.238 e. The van der Waals surface area contributed by atoms with Crippen LogP contribution in [0.3, 0.4) is 0 Å². The highest BCUT2D eigenvalue weighted by Gasteiger charge is 2.24. The number of hydrogen-bond donors (Lipinski definition) is 0. The number of imidazole rings is 1. The molecule has 6 nitrogen and oxygen atoms in total. The SMILES string of the molecule is c1ccc2c(-n3c4ccccc4c4ccccc43)nc(-n3c4ccccc4c4nc5c6ccccc6c6ccccc6n5c43)nc2c1. The lowest BCUT2D eigenvalue weighted by molar-refractivity contribution is 0.960. The van der Waals surface area contributed by atoms with Gasteiger partial charge in [0.2, 0.25) is 5.95 Å². The molecule has 5 aromatic heterocycles. The maximum atomic E-state index is 5.49. The first-order valence-corrected chi connectivity index (χ1v) is 15.8. The van der Waals surface area contributed by atoms with E-state index in [2.05, 4.69) is 153 Å². The van der Waals surface area contributed by atoms with Gasteiger partial charge in [-0.2, -0.15) is 4.98 Å². The van der Waals surface area contributed by atoms with Crippen molar-refractivity contribution in [2.75, 3.05) is 0 Å². The Balaban J connectivity index is 1.35. The molecule has 5 heterocycles. The summed E-state index contributed by atoms with van der Waals surface area (Å²) in [7, 11) is 0. The molecule has 47 heavy (non-hydrogen) atoms. The highest BCUT2D eigenvalue weighted by atomic mass is 15.3. The lowest BCUT2D eigenvalue weighted by Gasteiger charge is -2.14. The van der Waals surface area contributed by atoms with Gasteiger partial charge in [0.1, 0.15) is 11.2 Å². The molecule has 6 aromatic carbocycles. The second kappa shape index (κ2) is 9.02.